The van der Waals surface area contributed by atoms with Crippen molar-refractivity contribution in [1.82, 2.24) is 20.0 Å². The summed E-state index contributed by atoms with van der Waals surface area (Å²) in [7, 11) is 1.76. The van der Waals surface area contributed by atoms with Crippen molar-refractivity contribution in [2.75, 3.05) is 5.32 Å². The summed E-state index contributed by atoms with van der Waals surface area (Å²) < 4.78 is 1.27. The van der Waals surface area contributed by atoms with Gasteiger partial charge in [0.2, 0.25) is 9.70 Å². The van der Waals surface area contributed by atoms with Gasteiger partial charge in [-0.05, 0) is 42.9 Å². The number of nitrogens with one attached hydrogen (secondary N) is 3. The van der Waals surface area contributed by atoms with Crippen molar-refractivity contribution in [3.05, 3.63) is 88.4 Å². The molecule has 3 N–H and O–H groups in total. The summed E-state index contributed by atoms with van der Waals surface area (Å²) in [6.45, 7) is 1.77. The van der Waals surface area contributed by atoms with Crippen LogP contribution in [-0.2, 0) is 11.8 Å². The van der Waals surface area contributed by atoms with E-state index in [9.17, 15) is 9.59 Å². The molecule has 178 valence electrons. The maximum absolute atomic E-state index is 13.1. The third kappa shape index (κ3) is 6.42. The van der Waals surface area contributed by atoms with E-state index in [0.29, 0.717) is 11.4 Å². The van der Waals surface area contributed by atoms with Gasteiger partial charge in [-0.15, -0.1) is 0 Å². The van der Waals surface area contributed by atoms with Crippen molar-refractivity contribution in [2.24, 2.45) is 7.05 Å². The van der Waals surface area contributed by atoms with Crippen LogP contribution in [0.5, 0.6) is 0 Å². The molecule has 3 aromatic rings. The number of anilines is 1. The van der Waals surface area contributed by atoms with Crippen LogP contribution < -0.4 is 21.5 Å². The second-order valence-corrected chi connectivity index (χ2v) is 10.0. The number of aromatic nitrogens is 2. The van der Waals surface area contributed by atoms with E-state index in [1.807, 2.05) is 60.7 Å². The molecule has 1 unspecified atom stereocenters. The Labute approximate surface area is 217 Å². The molecule has 11 heteroatoms. The highest BCUT2D eigenvalue weighted by molar-refractivity contribution is 7.80. The predicted molar refractivity (Wildman–Crippen MR) is 143 cm³/mol. The Bertz CT molecular complexity index is 1250. The fraction of sp³-hybridized carbons (Fsp3) is 0.174. The summed E-state index contributed by atoms with van der Waals surface area (Å²) in [6, 6.07) is 18.4. The minimum Gasteiger partial charge on any atom is -0.339 e. The number of benzene rings is 2. The van der Waals surface area contributed by atoms with Crippen LogP contribution in [0.4, 0.5) is 5.69 Å². The minimum atomic E-state index is -1.93. The lowest BCUT2D eigenvalue weighted by molar-refractivity contribution is -0.117. The molecule has 0 fully saturated rings. The normalized spacial score (nSPS) is 12.4. The molecule has 3 rings (SSSR count). The number of carbonyl (C=O) groups is 1. The smallest absolute Gasteiger partial charge is 0.295 e. The highest BCUT2D eigenvalue weighted by Crippen LogP contribution is 2.29. The average molecular weight is 539 g/mol. The Hall–Kier alpha value is -2.78. The van der Waals surface area contributed by atoms with Crippen LogP contribution >= 0.6 is 47.0 Å². The molecule has 7 nitrogen and oxygen atoms in total. The van der Waals surface area contributed by atoms with Crippen molar-refractivity contribution < 1.29 is 4.79 Å². The summed E-state index contributed by atoms with van der Waals surface area (Å²) in [5.74, 6) is -0.502. The number of hydrogen-bond donors (Lipinski definition) is 3. The molecule has 2 aromatic carbocycles. The van der Waals surface area contributed by atoms with Gasteiger partial charge in [-0.3, -0.25) is 14.3 Å². The molecule has 1 atom stereocenters. The summed E-state index contributed by atoms with van der Waals surface area (Å²) in [4.78, 5) is 25.5. The van der Waals surface area contributed by atoms with Crippen LogP contribution in [-0.4, -0.2) is 30.3 Å². The maximum Gasteiger partial charge on any atom is 0.295 e. The van der Waals surface area contributed by atoms with Gasteiger partial charge in [0.05, 0.1) is 11.4 Å². The number of nitrogens with zero attached hydrogens (tertiary/aromatic N) is 2. The standard InChI is InChI=1S/C23H22Cl3N5O2S/c1-15-19(20(33)31(30(15)2)17-11-7-4-8-12-17)28-22(34)29-21(23(24,25)26)27-18(32)14-13-16-9-5-3-6-10-16/h3-14,21H,1-2H3,(H,27,32)(H2,28,29,34)/b14-13+. The van der Waals surface area contributed by atoms with Crippen molar-refractivity contribution in [2.45, 2.75) is 16.9 Å². The first-order chi connectivity index (χ1) is 16.1. The van der Waals surface area contributed by atoms with E-state index in [2.05, 4.69) is 16.0 Å². The van der Waals surface area contributed by atoms with Gasteiger partial charge in [0, 0.05) is 13.1 Å². The van der Waals surface area contributed by atoms with Gasteiger partial charge in [0.25, 0.3) is 5.56 Å². The molecular formula is C23H22Cl3N5O2S. The highest BCUT2D eigenvalue weighted by atomic mass is 35.6. The molecule has 34 heavy (non-hydrogen) atoms. The second kappa shape index (κ2) is 11.1. The number of para-hydroxylation sites is 1. The number of thiocarbonyl (C=S) groups is 1. The first-order valence-corrected chi connectivity index (χ1v) is 11.6. The molecule has 0 saturated carbocycles. The van der Waals surface area contributed by atoms with Crippen LogP contribution in [0.2, 0.25) is 0 Å². The Morgan fingerprint density at radius 3 is 2.21 bits per heavy atom. The topological polar surface area (TPSA) is 80.1 Å². The number of amides is 1. The molecule has 1 amide bonds. The summed E-state index contributed by atoms with van der Waals surface area (Å²) in [5.41, 5.74) is 2.11. The number of halogens is 3. The Balaban J connectivity index is 1.74. The summed E-state index contributed by atoms with van der Waals surface area (Å²) in [5, 5.41) is 8.18. The van der Waals surface area contributed by atoms with Crippen molar-refractivity contribution >= 4 is 69.8 Å². The largest absolute Gasteiger partial charge is 0.339 e. The van der Waals surface area contributed by atoms with E-state index < -0.39 is 15.9 Å². The fourth-order valence-corrected chi connectivity index (χ4v) is 3.67. The quantitative estimate of drug-likeness (QED) is 0.189. The number of hydrogen-bond acceptors (Lipinski definition) is 3. The zero-order valence-corrected chi connectivity index (χ0v) is 21.3. The average Bonchev–Trinajstić information content (AvgIpc) is 3.01. The molecule has 0 spiro atoms. The van der Waals surface area contributed by atoms with E-state index in [0.717, 1.165) is 5.56 Å². The van der Waals surface area contributed by atoms with Crippen molar-refractivity contribution in [1.29, 1.82) is 0 Å². The van der Waals surface area contributed by atoms with E-state index in [4.69, 9.17) is 47.0 Å². The Morgan fingerprint density at radius 1 is 1.03 bits per heavy atom. The summed E-state index contributed by atoms with van der Waals surface area (Å²) in [6.07, 6.45) is 1.77. The van der Waals surface area contributed by atoms with Gasteiger partial charge >= 0.3 is 0 Å². The Morgan fingerprint density at radius 2 is 1.62 bits per heavy atom. The first-order valence-electron chi connectivity index (χ1n) is 10.1. The van der Waals surface area contributed by atoms with E-state index >= 15 is 0 Å². The molecule has 1 aromatic heterocycles. The van der Waals surface area contributed by atoms with Gasteiger partial charge in [0.1, 0.15) is 11.9 Å². The molecule has 0 aliphatic carbocycles. The van der Waals surface area contributed by atoms with Gasteiger partial charge in [0.15, 0.2) is 5.11 Å². The monoisotopic (exact) mass is 537 g/mol. The fourth-order valence-electron chi connectivity index (χ4n) is 3.12. The Kier molecular flexibility index (Phi) is 8.43. The van der Waals surface area contributed by atoms with Crippen LogP contribution in [0.1, 0.15) is 11.3 Å². The van der Waals surface area contributed by atoms with Gasteiger partial charge < -0.3 is 16.0 Å². The SMILES string of the molecule is Cc1c(NC(=S)NC(NC(=O)/C=C/c2ccccc2)C(Cl)(Cl)Cl)c(=O)n(-c2ccccc2)n1C. The third-order valence-electron chi connectivity index (χ3n) is 4.91. The van der Waals surface area contributed by atoms with Crippen LogP contribution in [0.15, 0.2) is 71.5 Å². The molecule has 0 saturated heterocycles. The lowest BCUT2D eigenvalue weighted by Crippen LogP contribution is -2.56. The minimum absolute atomic E-state index is 0.00493. The number of carbonyl (C=O) groups excluding carboxylic acids is 1. The number of rotatable bonds is 6. The first kappa shape index (κ1) is 25.8. The lowest BCUT2D eigenvalue weighted by Gasteiger charge is -2.27. The lowest BCUT2D eigenvalue weighted by atomic mass is 10.2. The molecule has 0 aliphatic heterocycles. The van der Waals surface area contributed by atoms with Gasteiger partial charge in [-0.1, -0.05) is 83.3 Å². The molecule has 0 aliphatic rings. The molecule has 1 heterocycles. The van der Waals surface area contributed by atoms with Crippen molar-refractivity contribution in [3.63, 3.8) is 0 Å². The van der Waals surface area contributed by atoms with Gasteiger partial charge in [-0.25, -0.2) is 4.68 Å². The zero-order chi connectivity index (χ0) is 24.9. The maximum atomic E-state index is 13.1. The molecular weight excluding hydrogens is 517 g/mol. The predicted octanol–water partition coefficient (Wildman–Crippen LogP) is 4.30. The zero-order valence-electron chi connectivity index (χ0n) is 18.3. The highest BCUT2D eigenvalue weighted by Gasteiger charge is 2.34. The number of alkyl halides is 3. The third-order valence-corrected chi connectivity index (χ3v) is 5.78. The molecule has 0 radical (unpaired) electrons. The van der Waals surface area contributed by atoms with Crippen molar-refractivity contribution in [3.8, 4) is 5.69 Å². The summed E-state index contributed by atoms with van der Waals surface area (Å²) >= 11 is 23.5. The van der Waals surface area contributed by atoms with E-state index in [1.165, 1.54) is 10.8 Å². The van der Waals surface area contributed by atoms with Crippen LogP contribution in [0.25, 0.3) is 11.8 Å². The second-order valence-electron chi connectivity index (χ2n) is 7.26. The van der Waals surface area contributed by atoms with E-state index in [1.54, 1.807) is 24.7 Å². The van der Waals surface area contributed by atoms with E-state index in [-0.39, 0.29) is 16.4 Å². The van der Waals surface area contributed by atoms with Gasteiger partial charge in [-0.2, -0.15) is 0 Å². The molecule has 0 bridgehead atoms. The van der Waals surface area contributed by atoms with Crippen LogP contribution in [0, 0.1) is 6.92 Å². The van der Waals surface area contributed by atoms with Crippen LogP contribution in [0.3, 0.4) is 0 Å².